The van der Waals surface area contributed by atoms with Crippen molar-refractivity contribution in [2.24, 2.45) is 0 Å². The molecule has 0 amide bonds. The molecule has 0 fully saturated rings. The van der Waals surface area contributed by atoms with Gasteiger partial charge < -0.3 is 18.8 Å². The number of aromatic nitrogens is 1. The lowest BCUT2D eigenvalue weighted by molar-refractivity contribution is -0.163. The zero-order valence-electron chi connectivity index (χ0n) is 19.4. The van der Waals surface area contributed by atoms with Crippen LogP contribution in [0.4, 0.5) is 0 Å². The van der Waals surface area contributed by atoms with E-state index in [1.807, 2.05) is 50.2 Å². The zero-order valence-corrected chi connectivity index (χ0v) is 19.4. The van der Waals surface area contributed by atoms with Gasteiger partial charge in [-0.25, -0.2) is 0 Å². The number of carbonyl (C=O) groups excluding carboxylic acids is 1. The maximum absolute atomic E-state index is 13.2. The van der Waals surface area contributed by atoms with Gasteiger partial charge in [-0.3, -0.25) is 9.59 Å². The summed E-state index contributed by atoms with van der Waals surface area (Å²) in [5.41, 5.74) is 1.64. The van der Waals surface area contributed by atoms with Crippen LogP contribution in [0.1, 0.15) is 49.1 Å². The minimum Gasteiger partial charge on any atom is -0.484 e. The highest BCUT2D eigenvalue weighted by Gasteiger charge is 2.47. The molecule has 2 aromatic carbocycles. The number of fused-ring (bicyclic) bond motifs is 1. The molecule has 0 saturated carbocycles. The van der Waals surface area contributed by atoms with Crippen LogP contribution in [0.5, 0.6) is 5.75 Å². The largest absolute Gasteiger partial charge is 0.484 e. The molecular weight excluding hydrogens is 432 g/mol. The Hall–Kier alpha value is -3.89. The van der Waals surface area contributed by atoms with Gasteiger partial charge in [-0.15, -0.1) is 0 Å². The van der Waals surface area contributed by atoms with Gasteiger partial charge in [-0.1, -0.05) is 30.3 Å². The second-order valence-electron chi connectivity index (χ2n) is 8.80. The summed E-state index contributed by atoms with van der Waals surface area (Å²) in [6.07, 6.45) is 0.888. The molecule has 3 aromatic rings. The summed E-state index contributed by atoms with van der Waals surface area (Å²) in [4.78, 5) is 25.2. The number of rotatable bonds is 6. The summed E-state index contributed by atoms with van der Waals surface area (Å²) in [5.74, 6) is 0.0603. The van der Waals surface area contributed by atoms with Crippen LogP contribution < -0.4 is 10.3 Å². The Bertz CT molecular complexity index is 1290. The summed E-state index contributed by atoms with van der Waals surface area (Å²) in [6.45, 7) is 5.67. The second-order valence-corrected chi connectivity index (χ2v) is 8.80. The van der Waals surface area contributed by atoms with Crippen LogP contribution in [0.25, 0.3) is 0 Å². The van der Waals surface area contributed by atoms with E-state index in [0.717, 1.165) is 11.1 Å². The van der Waals surface area contributed by atoms with Gasteiger partial charge >= 0.3 is 5.97 Å². The monoisotopic (exact) mass is 458 g/mol. The summed E-state index contributed by atoms with van der Waals surface area (Å²) >= 11 is 0. The smallest absolute Gasteiger partial charge is 0.303 e. The molecule has 0 bridgehead atoms. The first kappa shape index (κ1) is 23.3. The number of hydrogen-bond acceptors (Lipinski definition) is 6. The third-order valence-corrected chi connectivity index (χ3v) is 5.79. The van der Waals surface area contributed by atoms with Gasteiger partial charge in [0.05, 0.1) is 24.8 Å². The lowest BCUT2D eigenvalue weighted by atomic mass is 9.85. The molecule has 4 rings (SSSR count). The van der Waals surface area contributed by atoms with Crippen molar-refractivity contribution in [2.75, 3.05) is 0 Å². The SMILES string of the molecule is CC(=O)O[C@H]1[C@H](n2ccc(COCc3ccccc3)cc2=O)c2cc(C#N)ccc2OC1(C)C. The molecule has 0 radical (unpaired) electrons. The Kier molecular flexibility index (Phi) is 6.53. The first-order valence-electron chi connectivity index (χ1n) is 11.0. The average molecular weight is 459 g/mol. The number of hydrogen-bond donors (Lipinski definition) is 0. The van der Waals surface area contributed by atoms with E-state index in [2.05, 4.69) is 6.07 Å². The van der Waals surface area contributed by atoms with Crippen LogP contribution >= 0.6 is 0 Å². The summed E-state index contributed by atoms with van der Waals surface area (Å²) in [6, 6.07) is 19.6. The average Bonchev–Trinajstić information content (AvgIpc) is 2.80. The van der Waals surface area contributed by atoms with E-state index < -0.39 is 23.7 Å². The van der Waals surface area contributed by atoms with Gasteiger partial charge in [0, 0.05) is 24.8 Å². The molecule has 2 heterocycles. The molecule has 0 saturated heterocycles. The molecular formula is C27H26N2O5. The van der Waals surface area contributed by atoms with Crippen molar-refractivity contribution in [1.29, 1.82) is 5.26 Å². The standard InChI is InChI=1S/C27H26N2O5/c1-18(30)33-26-25(22-13-20(15-28)9-10-23(22)34-27(26,2)3)29-12-11-21(14-24(29)31)17-32-16-19-7-5-4-6-8-19/h4-14,25-26H,16-17H2,1-3H3/t25-,26+/m1/s1. The maximum atomic E-state index is 13.2. The van der Waals surface area contributed by atoms with Crippen molar-refractivity contribution < 1.29 is 19.0 Å². The van der Waals surface area contributed by atoms with Crippen molar-refractivity contribution in [3.05, 3.63) is 99.5 Å². The molecule has 0 N–H and O–H groups in total. The van der Waals surface area contributed by atoms with Gasteiger partial charge in [-0.2, -0.15) is 5.26 Å². The highest BCUT2D eigenvalue weighted by Crippen LogP contribution is 2.43. The van der Waals surface area contributed by atoms with E-state index in [0.29, 0.717) is 23.5 Å². The molecule has 1 aliphatic rings. The predicted molar refractivity (Wildman–Crippen MR) is 125 cm³/mol. The number of benzene rings is 2. The van der Waals surface area contributed by atoms with Crippen LogP contribution in [0, 0.1) is 11.3 Å². The van der Waals surface area contributed by atoms with Crippen LogP contribution in [0.2, 0.25) is 0 Å². The lowest BCUT2D eigenvalue weighted by Gasteiger charge is -2.44. The minimum atomic E-state index is -0.908. The molecule has 2 atom stereocenters. The topological polar surface area (TPSA) is 90.5 Å². The zero-order chi connectivity index (χ0) is 24.3. The molecule has 0 unspecified atom stereocenters. The Balaban J connectivity index is 1.68. The van der Waals surface area contributed by atoms with Crippen molar-refractivity contribution in [3.63, 3.8) is 0 Å². The second kappa shape index (κ2) is 9.54. The molecule has 1 aromatic heterocycles. The predicted octanol–water partition coefficient (Wildman–Crippen LogP) is 4.13. The maximum Gasteiger partial charge on any atom is 0.303 e. The van der Waals surface area contributed by atoms with E-state index in [1.54, 1.807) is 24.4 Å². The van der Waals surface area contributed by atoms with Crippen molar-refractivity contribution in [1.82, 2.24) is 4.57 Å². The van der Waals surface area contributed by atoms with Gasteiger partial charge in [0.1, 0.15) is 17.4 Å². The molecule has 174 valence electrons. The third-order valence-electron chi connectivity index (χ3n) is 5.79. The fraction of sp³-hybridized carbons (Fsp3) is 0.296. The highest BCUT2D eigenvalue weighted by molar-refractivity contribution is 5.66. The van der Waals surface area contributed by atoms with Crippen molar-refractivity contribution in [3.8, 4) is 11.8 Å². The first-order chi connectivity index (χ1) is 16.3. The summed E-state index contributed by atoms with van der Waals surface area (Å²) in [5, 5.41) is 9.41. The van der Waals surface area contributed by atoms with E-state index in [1.165, 1.54) is 17.6 Å². The number of nitriles is 1. The van der Waals surface area contributed by atoms with Gasteiger partial charge in [0.2, 0.25) is 0 Å². The van der Waals surface area contributed by atoms with E-state index in [9.17, 15) is 14.9 Å². The van der Waals surface area contributed by atoms with Crippen molar-refractivity contribution in [2.45, 2.75) is 51.7 Å². The number of carbonyl (C=O) groups is 1. The van der Waals surface area contributed by atoms with Gasteiger partial charge in [0.15, 0.2) is 6.10 Å². The van der Waals surface area contributed by atoms with Crippen LogP contribution in [-0.2, 0) is 27.5 Å². The minimum absolute atomic E-state index is 0.269. The molecule has 7 heteroatoms. The molecule has 7 nitrogen and oxygen atoms in total. The number of nitrogens with zero attached hydrogens (tertiary/aromatic N) is 2. The number of esters is 1. The fourth-order valence-corrected chi connectivity index (χ4v) is 4.22. The normalized spacial score (nSPS) is 18.3. The number of ether oxygens (including phenoxy) is 3. The van der Waals surface area contributed by atoms with Crippen LogP contribution in [-0.4, -0.2) is 22.2 Å². The third kappa shape index (κ3) is 4.87. The van der Waals surface area contributed by atoms with Gasteiger partial charge in [-0.05, 0) is 49.2 Å². The highest BCUT2D eigenvalue weighted by atomic mass is 16.6. The molecule has 34 heavy (non-hydrogen) atoms. The Morgan fingerprint density at radius 1 is 1.09 bits per heavy atom. The lowest BCUT2D eigenvalue weighted by Crippen LogP contribution is -2.54. The first-order valence-corrected chi connectivity index (χ1v) is 11.0. The van der Waals surface area contributed by atoms with Gasteiger partial charge in [0.25, 0.3) is 5.56 Å². The fourth-order valence-electron chi connectivity index (χ4n) is 4.22. The quantitative estimate of drug-likeness (QED) is 0.516. The summed E-state index contributed by atoms with van der Waals surface area (Å²) in [7, 11) is 0. The molecule has 1 aliphatic heterocycles. The Morgan fingerprint density at radius 2 is 1.82 bits per heavy atom. The molecule has 0 aliphatic carbocycles. The van der Waals surface area contributed by atoms with Crippen LogP contribution in [0.3, 0.4) is 0 Å². The van der Waals surface area contributed by atoms with Crippen LogP contribution in [0.15, 0.2) is 71.7 Å². The van der Waals surface area contributed by atoms with Crippen molar-refractivity contribution >= 4 is 5.97 Å². The molecule has 0 spiro atoms. The van der Waals surface area contributed by atoms with E-state index in [4.69, 9.17) is 14.2 Å². The Labute approximate surface area is 198 Å². The summed E-state index contributed by atoms with van der Waals surface area (Å²) < 4.78 is 19.1. The Morgan fingerprint density at radius 3 is 2.50 bits per heavy atom. The van der Waals surface area contributed by atoms with E-state index in [-0.39, 0.29) is 12.2 Å². The number of pyridine rings is 1. The van der Waals surface area contributed by atoms with E-state index >= 15 is 0 Å².